The van der Waals surface area contributed by atoms with Crippen LogP contribution in [-0.2, 0) is 14.4 Å². The zero-order valence-corrected chi connectivity index (χ0v) is 15.4. The fraction of sp³-hybridized carbons (Fsp3) is 0.421. The molecular weight excluding hydrogens is 384 g/mol. The van der Waals surface area contributed by atoms with Crippen molar-refractivity contribution in [3.05, 3.63) is 40.9 Å². The van der Waals surface area contributed by atoms with Crippen LogP contribution in [0.2, 0.25) is 0 Å². The van der Waals surface area contributed by atoms with Crippen molar-refractivity contribution in [2.45, 2.75) is 25.8 Å². The molecule has 4 rings (SSSR count). The second-order valence-electron chi connectivity index (χ2n) is 6.97. The summed E-state index contributed by atoms with van der Waals surface area (Å²) < 4.78 is 0.915. The topological polar surface area (TPSA) is 66.5 Å². The van der Waals surface area contributed by atoms with Crippen LogP contribution >= 0.6 is 15.9 Å². The molecule has 130 valence electrons. The highest BCUT2D eigenvalue weighted by Gasteiger charge is 2.60. The minimum absolute atomic E-state index is 0.156. The van der Waals surface area contributed by atoms with Crippen LogP contribution in [0.3, 0.4) is 0 Å². The summed E-state index contributed by atoms with van der Waals surface area (Å²) in [7, 11) is 0. The van der Waals surface area contributed by atoms with Crippen LogP contribution in [0.1, 0.15) is 19.8 Å². The van der Waals surface area contributed by atoms with Gasteiger partial charge in [0.15, 0.2) is 0 Å². The number of hydrogen-bond acceptors (Lipinski definition) is 3. The third kappa shape index (κ3) is 2.54. The van der Waals surface area contributed by atoms with Gasteiger partial charge in [0, 0.05) is 10.2 Å². The van der Waals surface area contributed by atoms with Crippen molar-refractivity contribution in [2.75, 3.05) is 5.32 Å². The van der Waals surface area contributed by atoms with Crippen LogP contribution in [0.25, 0.3) is 0 Å². The summed E-state index contributed by atoms with van der Waals surface area (Å²) >= 11 is 3.35. The first-order chi connectivity index (χ1) is 12.0. The molecule has 2 bridgehead atoms. The Morgan fingerprint density at radius 1 is 1.16 bits per heavy atom. The monoisotopic (exact) mass is 402 g/mol. The first kappa shape index (κ1) is 16.5. The largest absolute Gasteiger partial charge is 0.324 e. The molecule has 6 heteroatoms. The van der Waals surface area contributed by atoms with Crippen molar-refractivity contribution in [3.63, 3.8) is 0 Å². The maximum absolute atomic E-state index is 12.9. The molecule has 1 saturated heterocycles. The normalized spacial score (nSPS) is 30.7. The van der Waals surface area contributed by atoms with E-state index in [0.717, 1.165) is 10.9 Å². The maximum Gasteiger partial charge on any atom is 0.247 e. The minimum atomic E-state index is -0.756. The number of nitrogens with one attached hydrogen (secondary N) is 1. The molecule has 0 radical (unpaired) electrons. The van der Waals surface area contributed by atoms with Gasteiger partial charge in [-0.3, -0.25) is 19.3 Å². The summed E-state index contributed by atoms with van der Waals surface area (Å²) in [6.07, 6.45) is 5.41. The molecule has 25 heavy (non-hydrogen) atoms. The van der Waals surface area contributed by atoms with E-state index in [1.807, 2.05) is 19.1 Å². The molecule has 1 N–H and O–H groups in total. The third-order valence-corrected chi connectivity index (χ3v) is 6.15. The number of hydrogen-bond donors (Lipinski definition) is 1. The number of allylic oxidation sites excluding steroid dienone is 2. The van der Waals surface area contributed by atoms with Gasteiger partial charge in [-0.1, -0.05) is 35.0 Å². The number of anilines is 1. The van der Waals surface area contributed by atoms with Gasteiger partial charge in [-0.25, -0.2) is 0 Å². The lowest BCUT2D eigenvalue weighted by molar-refractivity contribution is -0.147. The summed E-state index contributed by atoms with van der Waals surface area (Å²) in [5, 5.41) is 2.82. The van der Waals surface area contributed by atoms with E-state index < -0.39 is 6.04 Å². The van der Waals surface area contributed by atoms with Crippen molar-refractivity contribution >= 4 is 39.3 Å². The number of carbonyl (C=O) groups is 3. The van der Waals surface area contributed by atoms with Crippen molar-refractivity contribution in [1.82, 2.24) is 4.90 Å². The first-order valence-electron chi connectivity index (χ1n) is 8.63. The Labute approximate surface area is 154 Å². The smallest absolute Gasteiger partial charge is 0.247 e. The fourth-order valence-electron chi connectivity index (χ4n) is 4.48. The summed E-state index contributed by atoms with van der Waals surface area (Å²) in [6, 6.07) is 6.46. The molecule has 2 aliphatic carbocycles. The molecule has 5 atom stereocenters. The zero-order chi connectivity index (χ0) is 17.7. The van der Waals surface area contributed by atoms with E-state index in [9.17, 15) is 14.4 Å². The van der Waals surface area contributed by atoms with E-state index in [-0.39, 0.29) is 41.4 Å². The Kier molecular flexibility index (Phi) is 4.02. The average molecular weight is 403 g/mol. The second-order valence-corrected chi connectivity index (χ2v) is 7.88. The van der Waals surface area contributed by atoms with E-state index in [0.29, 0.717) is 12.1 Å². The molecule has 1 aromatic carbocycles. The molecule has 3 aliphatic rings. The van der Waals surface area contributed by atoms with Gasteiger partial charge in [-0.15, -0.1) is 0 Å². The zero-order valence-electron chi connectivity index (χ0n) is 13.8. The third-order valence-electron chi connectivity index (χ3n) is 5.62. The van der Waals surface area contributed by atoms with Crippen molar-refractivity contribution in [1.29, 1.82) is 0 Å². The van der Waals surface area contributed by atoms with E-state index in [1.54, 1.807) is 12.1 Å². The number of rotatable bonds is 4. The Morgan fingerprint density at radius 2 is 1.72 bits per heavy atom. The number of nitrogens with zero attached hydrogens (tertiary/aromatic N) is 1. The molecule has 5 nitrogen and oxygen atoms in total. The van der Waals surface area contributed by atoms with Gasteiger partial charge in [0.2, 0.25) is 17.7 Å². The Hall–Kier alpha value is -1.95. The van der Waals surface area contributed by atoms with Crippen molar-refractivity contribution < 1.29 is 14.4 Å². The Balaban J connectivity index is 1.55. The molecule has 0 aromatic heterocycles. The summed E-state index contributed by atoms with van der Waals surface area (Å²) in [6.45, 7) is 1.83. The molecule has 1 aromatic rings. The molecular formula is C19H19BrN2O3. The Bertz CT molecular complexity index is 743. The predicted molar refractivity (Wildman–Crippen MR) is 96.4 cm³/mol. The van der Waals surface area contributed by atoms with E-state index >= 15 is 0 Å². The van der Waals surface area contributed by atoms with Gasteiger partial charge in [0.1, 0.15) is 6.04 Å². The van der Waals surface area contributed by atoms with Gasteiger partial charge >= 0.3 is 0 Å². The lowest BCUT2D eigenvalue weighted by Crippen LogP contribution is -2.48. The molecule has 0 spiro atoms. The predicted octanol–water partition coefficient (Wildman–Crippen LogP) is 2.97. The standard InChI is InChI=1S/C19H19BrN2O3/c1-2-14(17(23)21-13-7-5-12(20)6-8-13)22-18(24)15-10-3-4-11(9-10)16(15)19(22)25/h3-8,10-11,14-16H,2,9H2,1H3,(H,21,23). The highest BCUT2D eigenvalue weighted by atomic mass is 79.9. The molecule has 1 heterocycles. The fourth-order valence-corrected chi connectivity index (χ4v) is 4.74. The minimum Gasteiger partial charge on any atom is -0.324 e. The summed E-state index contributed by atoms with van der Waals surface area (Å²) in [5.41, 5.74) is 0.646. The van der Waals surface area contributed by atoms with Crippen LogP contribution in [0.5, 0.6) is 0 Å². The van der Waals surface area contributed by atoms with Gasteiger partial charge in [-0.2, -0.15) is 0 Å². The molecule has 2 fully saturated rings. The van der Waals surface area contributed by atoms with Crippen molar-refractivity contribution in [2.24, 2.45) is 23.7 Å². The van der Waals surface area contributed by atoms with Gasteiger partial charge in [0.05, 0.1) is 11.8 Å². The van der Waals surface area contributed by atoms with Crippen LogP contribution in [0, 0.1) is 23.7 Å². The number of benzene rings is 1. The van der Waals surface area contributed by atoms with Crippen LogP contribution in [0.15, 0.2) is 40.9 Å². The average Bonchev–Trinajstić information content (AvgIpc) is 3.27. The number of amides is 3. The quantitative estimate of drug-likeness (QED) is 0.621. The molecule has 5 unspecified atom stereocenters. The summed E-state index contributed by atoms with van der Waals surface area (Å²) in [5.74, 6) is -0.887. The summed E-state index contributed by atoms with van der Waals surface area (Å²) in [4.78, 5) is 39.7. The molecule has 1 saturated carbocycles. The van der Waals surface area contributed by atoms with E-state index in [4.69, 9.17) is 0 Å². The van der Waals surface area contributed by atoms with Crippen LogP contribution < -0.4 is 5.32 Å². The number of carbonyl (C=O) groups excluding carboxylic acids is 3. The number of likely N-dealkylation sites (tertiary alicyclic amines) is 1. The van der Waals surface area contributed by atoms with Crippen LogP contribution in [0.4, 0.5) is 5.69 Å². The van der Waals surface area contributed by atoms with E-state index in [1.165, 1.54) is 4.90 Å². The number of fused-ring (bicyclic) bond motifs is 5. The van der Waals surface area contributed by atoms with Gasteiger partial charge in [-0.05, 0) is 48.9 Å². The second kappa shape index (κ2) is 6.09. The molecule has 1 aliphatic heterocycles. The van der Waals surface area contributed by atoms with E-state index in [2.05, 4.69) is 33.4 Å². The highest BCUT2D eigenvalue weighted by molar-refractivity contribution is 9.10. The number of halogens is 1. The van der Waals surface area contributed by atoms with Gasteiger partial charge in [0.25, 0.3) is 0 Å². The maximum atomic E-state index is 12.9. The highest BCUT2D eigenvalue weighted by Crippen LogP contribution is 2.53. The lowest BCUT2D eigenvalue weighted by Gasteiger charge is -2.26. The number of imide groups is 1. The Morgan fingerprint density at radius 3 is 2.24 bits per heavy atom. The van der Waals surface area contributed by atoms with Crippen molar-refractivity contribution in [3.8, 4) is 0 Å². The SMILES string of the molecule is CCC(C(=O)Nc1ccc(Br)cc1)N1C(=O)C2C3C=CC(C3)C2C1=O. The van der Waals surface area contributed by atoms with Crippen LogP contribution in [-0.4, -0.2) is 28.7 Å². The lowest BCUT2D eigenvalue weighted by atomic mass is 9.85. The van der Waals surface area contributed by atoms with Gasteiger partial charge < -0.3 is 5.32 Å². The molecule has 3 amide bonds. The first-order valence-corrected chi connectivity index (χ1v) is 9.42.